The predicted molar refractivity (Wildman–Crippen MR) is 140 cm³/mol. The highest BCUT2D eigenvalue weighted by atomic mass is 32.2. The van der Waals surface area contributed by atoms with E-state index in [2.05, 4.69) is 20.3 Å². The molecule has 0 amide bonds. The number of anilines is 2. The van der Waals surface area contributed by atoms with Crippen molar-refractivity contribution in [1.29, 1.82) is 0 Å². The van der Waals surface area contributed by atoms with Crippen LogP contribution in [0.15, 0.2) is 57.1 Å². The lowest BCUT2D eigenvalue weighted by Gasteiger charge is -2.09. The lowest BCUT2D eigenvalue weighted by atomic mass is 10.1. The Kier molecular flexibility index (Phi) is 11.4. The summed E-state index contributed by atoms with van der Waals surface area (Å²) in [4.78, 5) is 33.0. The van der Waals surface area contributed by atoms with Crippen LogP contribution in [-0.4, -0.2) is 69.9 Å². The highest BCUT2D eigenvalue weighted by Crippen LogP contribution is 2.32. The van der Waals surface area contributed by atoms with Gasteiger partial charge in [-0.25, -0.2) is 4.79 Å². The van der Waals surface area contributed by atoms with Gasteiger partial charge in [-0.3, -0.25) is 24.2 Å². The summed E-state index contributed by atoms with van der Waals surface area (Å²) in [5, 5.41) is 14.2. The van der Waals surface area contributed by atoms with E-state index in [1.807, 2.05) is 0 Å². The molecular weight excluding hydrogens is 619 g/mol. The minimum Gasteiger partial charge on any atom is -0.324 e. The zero-order chi connectivity index (χ0) is 30.1. The van der Waals surface area contributed by atoms with Crippen LogP contribution >= 0.6 is 11.8 Å². The molecule has 3 rings (SSSR count). The summed E-state index contributed by atoms with van der Waals surface area (Å²) in [7, 11) is -11.8. The van der Waals surface area contributed by atoms with Crippen molar-refractivity contribution < 1.29 is 43.5 Å². The van der Waals surface area contributed by atoms with Gasteiger partial charge < -0.3 is 5.32 Å². The first-order valence-electron chi connectivity index (χ1n) is 10.5. The first-order chi connectivity index (χ1) is 18.5. The number of hydrogen-bond donors (Lipinski definition) is 4. The maximum absolute atomic E-state index is 12.0. The first kappa shape index (κ1) is 32.5. The Morgan fingerprint density at radius 2 is 1.70 bits per heavy atom. The molecule has 0 aliphatic heterocycles. The number of aromatic nitrogens is 3. The minimum atomic E-state index is -4.51. The molecule has 0 aliphatic carbocycles. The fourth-order valence-electron chi connectivity index (χ4n) is 3.06. The Morgan fingerprint density at radius 1 is 1.05 bits per heavy atom. The van der Waals surface area contributed by atoms with Crippen LogP contribution in [0.3, 0.4) is 0 Å². The van der Waals surface area contributed by atoms with Gasteiger partial charge in [-0.2, -0.15) is 26.8 Å². The average molecular weight is 638 g/mol. The Morgan fingerprint density at radius 3 is 2.30 bits per heavy atom. The van der Waals surface area contributed by atoms with Crippen molar-refractivity contribution in [2.24, 2.45) is 0 Å². The van der Waals surface area contributed by atoms with Crippen LogP contribution in [0.5, 0.6) is 0 Å². The van der Waals surface area contributed by atoms with E-state index < -0.39 is 47.2 Å². The van der Waals surface area contributed by atoms with Crippen molar-refractivity contribution >= 4 is 59.9 Å². The van der Waals surface area contributed by atoms with Crippen LogP contribution in [0.4, 0.5) is 17.3 Å². The summed E-state index contributed by atoms with van der Waals surface area (Å²) < 4.78 is 88.3. The van der Waals surface area contributed by atoms with Crippen molar-refractivity contribution in [3.8, 4) is 0 Å². The van der Waals surface area contributed by atoms with Gasteiger partial charge in [-0.15, -0.1) is 24.4 Å². The predicted octanol–water partition coefficient (Wildman–Crippen LogP) is 1.02. The largest absolute Gasteiger partial charge is 0.425 e. The summed E-state index contributed by atoms with van der Waals surface area (Å²) in [6.45, 7) is 0. The number of hydrogen-bond acceptors (Lipinski definition) is 14. The summed E-state index contributed by atoms with van der Waals surface area (Å²) in [5.74, 6) is -0.446. The molecule has 0 atom stereocenters. The van der Waals surface area contributed by atoms with Crippen LogP contribution in [0.25, 0.3) is 0 Å². The summed E-state index contributed by atoms with van der Waals surface area (Å²) in [5.41, 5.74) is -0.749. The van der Waals surface area contributed by atoms with E-state index in [9.17, 15) is 36.3 Å². The third-order valence-corrected chi connectivity index (χ3v) is 7.43. The van der Waals surface area contributed by atoms with Crippen molar-refractivity contribution in [2.45, 2.75) is 22.6 Å². The lowest BCUT2D eigenvalue weighted by Crippen LogP contribution is -2.18. The molecule has 0 aliphatic rings. The van der Waals surface area contributed by atoms with E-state index in [0.29, 0.717) is 0 Å². The minimum absolute atomic E-state index is 0.0223. The highest BCUT2D eigenvalue weighted by molar-refractivity contribution is 7.99. The van der Waals surface area contributed by atoms with Crippen molar-refractivity contribution in [2.75, 3.05) is 16.8 Å². The van der Waals surface area contributed by atoms with Crippen molar-refractivity contribution in [1.82, 2.24) is 15.0 Å². The molecular formula is C19H19N5O12S4. The van der Waals surface area contributed by atoms with Gasteiger partial charge in [-0.1, -0.05) is 18.2 Å². The molecule has 0 radical (unpaired) electrons. The fourth-order valence-corrected chi connectivity index (χ4v) is 5.43. The number of nitrogens with zero attached hydrogens (tertiary/aromatic N) is 3. The quantitative estimate of drug-likeness (QED) is 0.0750. The van der Waals surface area contributed by atoms with Crippen LogP contribution < -0.4 is 11.0 Å². The summed E-state index contributed by atoms with van der Waals surface area (Å²) in [6, 6.07) is 9.68. The average Bonchev–Trinajstić information content (AvgIpc) is 2.80. The zero-order valence-electron chi connectivity index (χ0n) is 19.8. The second-order valence-electron chi connectivity index (χ2n) is 7.44. The number of benzene rings is 2. The standard InChI is InChI=1S/C19H19N5O9S3.O3S/c25-19-22-17(10-12-4-1-2-5-16(12)36(31,32)33)21-18(23-19)20-13-6-7-15(14(11-13)24(26)27)34-8-3-9-35(28,29)30;1-4(2)3/h1-2,4-7,11H,3,8-10H2,(H,28,29,30)(H,31,32,33)(H2,20,21,22,23,25);. The van der Waals surface area contributed by atoms with Crippen molar-refractivity contribution in [3.63, 3.8) is 0 Å². The van der Waals surface area contributed by atoms with E-state index in [0.717, 1.165) is 11.8 Å². The van der Waals surface area contributed by atoms with E-state index in [-0.39, 0.29) is 57.1 Å². The number of thioether (sulfide) groups is 1. The van der Waals surface area contributed by atoms with Gasteiger partial charge in [0.1, 0.15) is 5.82 Å². The van der Waals surface area contributed by atoms with Gasteiger partial charge in [0.2, 0.25) is 5.95 Å². The third-order valence-electron chi connectivity index (χ3n) is 4.52. The molecule has 1 aromatic heterocycles. The normalized spacial score (nSPS) is 11.2. The highest BCUT2D eigenvalue weighted by Gasteiger charge is 2.18. The molecule has 0 spiro atoms. The third kappa shape index (κ3) is 11.2. The molecule has 17 nitrogen and oxygen atoms in total. The molecule has 0 unspecified atom stereocenters. The summed E-state index contributed by atoms with van der Waals surface area (Å²) in [6.07, 6.45) is -0.0769. The van der Waals surface area contributed by atoms with Crippen LogP contribution in [0.1, 0.15) is 17.8 Å². The number of rotatable bonds is 11. The van der Waals surface area contributed by atoms with E-state index in [1.54, 1.807) is 6.07 Å². The molecule has 21 heteroatoms. The van der Waals surface area contributed by atoms with Gasteiger partial charge in [0.05, 0.1) is 20.5 Å². The van der Waals surface area contributed by atoms with E-state index in [1.165, 1.54) is 36.4 Å². The van der Waals surface area contributed by atoms with Crippen LogP contribution in [0, 0.1) is 10.1 Å². The topological polar surface area (TPSA) is 274 Å². The molecule has 40 heavy (non-hydrogen) atoms. The van der Waals surface area contributed by atoms with Gasteiger partial charge in [0, 0.05) is 18.2 Å². The van der Waals surface area contributed by atoms with Gasteiger partial charge in [-0.05, 0) is 35.9 Å². The van der Waals surface area contributed by atoms with Crippen LogP contribution in [-0.2, 0) is 37.3 Å². The number of nitrogens with one attached hydrogen (secondary N) is 2. The number of nitro groups is 1. The molecule has 216 valence electrons. The molecule has 1 heterocycles. The first-order valence-corrected chi connectivity index (χ1v) is 15.5. The Bertz CT molecular complexity index is 1770. The molecule has 0 bridgehead atoms. The summed E-state index contributed by atoms with van der Waals surface area (Å²) >= 11 is 1.04. The zero-order valence-corrected chi connectivity index (χ0v) is 23.1. The molecule has 0 saturated heterocycles. The van der Waals surface area contributed by atoms with E-state index >= 15 is 0 Å². The Hall–Kier alpha value is -3.76. The molecule has 4 N–H and O–H groups in total. The molecule has 0 fully saturated rings. The van der Waals surface area contributed by atoms with Crippen LogP contribution in [0.2, 0.25) is 0 Å². The maximum Gasteiger partial charge on any atom is 0.425 e. The molecule has 2 aromatic carbocycles. The second kappa shape index (κ2) is 14.0. The SMILES string of the molecule is O=S(=O)=O.O=c1nc(Nc2ccc(SCCCS(=O)(=O)O)c([N+](=O)[O-])c2)nc(Cc2ccccc2S(=O)(=O)O)[nH]1. The van der Waals surface area contributed by atoms with Gasteiger partial charge in [0.15, 0.2) is 0 Å². The van der Waals surface area contributed by atoms with E-state index in [4.69, 9.17) is 17.2 Å². The second-order valence-corrected chi connectivity index (χ2v) is 11.9. The van der Waals surface area contributed by atoms with Gasteiger partial charge >= 0.3 is 16.3 Å². The number of aromatic amines is 1. The lowest BCUT2D eigenvalue weighted by molar-refractivity contribution is -0.387. The Balaban J connectivity index is 0.00000131. The number of H-pyrrole nitrogens is 1. The maximum atomic E-state index is 12.0. The monoisotopic (exact) mass is 637 g/mol. The Labute approximate surface area is 231 Å². The molecule has 0 saturated carbocycles. The van der Waals surface area contributed by atoms with Crippen molar-refractivity contribution in [3.05, 3.63) is 74.5 Å². The smallest absolute Gasteiger partial charge is 0.324 e. The molecule has 3 aromatic rings. The van der Waals surface area contributed by atoms with Gasteiger partial charge in [0.25, 0.3) is 25.9 Å². The fraction of sp³-hybridized carbons (Fsp3) is 0.211. The number of nitro benzene ring substituents is 1.